The summed E-state index contributed by atoms with van der Waals surface area (Å²) in [5, 5.41) is 8.85. The Labute approximate surface area is 133 Å². The number of aromatic carboxylic acids is 1. The molecule has 0 aromatic carbocycles. The number of rotatable bonds is 6. The van der Waals surface area contributed by atoms with Crippen molar-refractivity contribution in [2.24, 2.45) is 0 Å². The smallest absolute Gasteiger partial charge is 0.354 e. The highest BCUT2D eigenvalue weighted by molar-refractivity contribution is 7.89. The van der Waals surface area contributed by atoms with Crippen LogP contribution in [0, 0.1) is 6.92 Å². The van der Waals surface area contributed by atoms with E-state index >= 15 is 0 Å². The lowest BCUT2D eigenvalue weighted by Gasteiger charge is -2.20. The van der Waals surface area contributed by atoms with E-state index in [2.05, 4.69) is 4.98 Å². The van der Waals surface area contributed by atoms with Crippen molar-refractivity contribution < 1.29 is 22.7 Å². The number of carbonyl (C=O) groups is 1. The zero-order chi connectivity index (χ0) is 16.6. The van der Waals surface area contributed by atoms with Gasteiger partial charge in [-0.25, -0.2) is 18.2 Å². The summed E-state index contributed by atoms with van der Waals surface area (Å²) in [4.78, 5) is 14.5. The molecule has 8 heteroatoms. The Morgan fingerprint density at radius 2 is 2.09 bits per heavy atom. The van der Waals surface area contributed by atoms with E-state index in [1.165, 1.54) is 16.4 Å². The molecule has 2 aromatic rings. The molecule has 0 radical (unpaired) electrons. The normalized spacial score (nSPS) is 15.0. The van der Waals surface area contributed by atoms with Crippen LogP contribution in [0.3, 0.4) is 0 Å². The molecule has 0 amide bonds. The molecule has 1 N–H and O–H groups in total. The van der Waals surface area contributed by atoms with Crippen molar-refractivity contribution in [2.75, 3.05) is 0 Å². The number of sulfonamides is 1. The quantitative estimate of drug-likeness (QED) is 0.866. The van der Waals surface area contributed by atoms with Gasteiger partial charge in [0, 0.05) is 12.2 Å². The highest BCUT2D eigenvalue weighted by atomic mass is 32.2. The molecule has 2 aromatic heterocycles. The molecular formula is C15H16N2O5S. The van der Waals surface area contributed by atoms with E-state index in [-0.39, 0.29) is 23.2 Å². The Morgan fingerprint density at radius 3 is 2.57 bits per heavy atom. The third-order valence-electron chi connectivity index (χ3n) is 3.62. The maximum absolute atomic E-state index is 12.8. The summed E-state index contributed by atoms with van der Waals surface area (Å²) in [6.45, 7) is 1.95. The molecule has 3 rings (SSSR count). The molecule has 1 saturated carbocycles. The highest BCUT2D eigenvalue weighted by Crippen LogP contribution is 2.33. The van der Waals surface area contributed by atoms with Gasteiger partial charge in [0.1, 0.15) is 22.1 Å². The van der Waals surface area contributed by atoms with Crippen molar-refractivity contribution in [3.63, 3.8) is 0 Å². The van der Waals surface area contributed by atoms with Gasteiger partial charge in [-0.2, -0.15) is 4.31 Å². The van der Waals surface area contributed by atoms with Gasteiger partial charge in [-0.05, 0) is 44.0 Å². The maximum atomic E-state index is 12.8. The van der Waals surface area contributed by atoms with Gasteiger partial charge in [0.15, 0.2) is 0 Å². The lowest BCUT2D eigenvalue weighted by molar-refractivity contribution is 0.0690. The second kappa shape index (κ2) is 5.78. The van der Waals surface area contributed by atoms with Crippen molar-refractivity contribution in [3.8, 4) is 0 Å². The van der Waals surface area contributed by atoms with Crippen LogP contribution in [0.2, 0.25) is 0 Å². The van der Waals surface area contributed by atoms with Gasteiger partial charge in [0.2, 0.25) is 10.0 Å². The summed E-state index contributed by atoms with van der Waals surface area (Å²) < 4.78 is 32.5. The molecule has 122 valence electrons. The van der Waals surface area contributed by atoms with Crippen molar-refractivity contribution in [3.05, 3.63) is 47.7 Å². The van der Waals surface area contributed by atoms with Gasteiger partial charge in [0.05, 0.1) is 6.54 Å². The highest BCUT2D eigenvalue weighted by Gasteiger charge is 2.38. The van der Waals surface area contributed by atoms with Crippen molar-refractivity contribution in [1.82, 2.24) is 9.29 Å². The van der Waals surface area contributed by atoms with Gasteiger partial charge in [0.25, 0.3) is 0 Å². The van der Waals surface area contributed by atoms with Crippen molar-refractivity contribution in [1.29, 1.82) is 0 Å². The molecular weight excluding hydrogens is 320 g/mol. The van der Waals surface area contributed by atoms with Crippen LogP contribution in [-0.2, 0) is 16.6 Å². The minimum Gasteiger partial charge on any atom is -0.477 e. The van der Waals surface area contributed by atoms with Crippen LogP contribution in [0.25, 0.3) is 0 Å². The van der Waals surface area contributed by atoms with E-state index in [0.717, 1.165) is 24.8 Å². The molecule has 0 aliphatic heterocycles. The summed E-state index contributed by atoms with van der Waals surface area (Å²) in [6, 6.07) is 5.96. The molecule has 0 unspecified atom stereocenters. The van der Waals surface area contributed by atoms with E-state index in [0.29, 0.717) is 5.76 Å². The monoisotopic (exact) mass is 336 g/mol. The molecule has 0 spiro atoms. The predicted octanol–water partition coefficient (Wildman–Crippen LogP) is 2.03. The third-order valence-corrected chi connectivity index (χ3v) is 5.51. The van der Waals surface area contributed by atoms with E-state index in [1.807, 2.05) is 0 Å². The van der Waals surface area contributed by atoms with Crippen LogP contribution in [0.4, 0.5) is 0 Å². The van der Waals surface area contributed by atoms with Gasteiger partial charge < -0.3 is 9.52 Å². The first-order valence-electron chi connectivity index (χ1n) is 7.14. The Balaban J connectivity index is 1.89. The molecule has 2 heterocycles. The first-order chi connectivity index (χ1) is 10.9. The molecule has 1 aliphatic rings. The number of pyridine rings is 1. The molecule has 23 heavy (non-hydrogen) atoms. The fraction of sp³-hybridized carbons (Fsp3) is 0.333. The number of hydrogen-bond acceptors (Lipinski definition) is 5. The number of carboxylic acids is 1. The van der Waals surface area contributed by atoms with Crippen LogP contribution >= 0.6 is 0 Å². The molecule has 0 saturated heterocycles. The van der Waals surface area contributed by atoms with Gasteiger partial charge >= 0.3 is 5.97 Å². The predicted molar refractivity (Wildman–Crippen MR) is 80.4 cm³/mol. The zero-order valence-electron chi connectivity index (χ0n) is 12.5. The molecule has 1 fully saturated rings. The summed E-state index contributed by atoms with van der Waals surface area (Å²) >= 11 is 0. The van der Waals surface area contributed by atoms with E-state index in [1.54, 1.807) is 19.1 Å². The first kappa shape index (κ1) is 15.7. The van der Waals surface area contributed by atoms with E-state index < -0.39 is 16.0 Å². The number of nitrogens with zero attached hydrogens (tertiary/aromatic N) is 2. The topological polar surface area (TPSA) is 101 Å². The average Bonchev–Trinajstić information content (AvgIpc) is 3.27. The van der Waals surface area contributed by atoms with Gasteiger partial charge in [-0.1, -0.05) is 0 Å². The number of carboxylic acid groups (broad SMARTS) is 1. The Hall–Kier alpha value is -2.19. The van der Waals surface area contributed by atoms with Crippen LogP contribution in [-0.4, -0.2) is 34.8 Å². The summed E-state index contributed by atoms with van der Waals surface area (Å²) in [6.07, 6.45) is 2.70. The van der Waals surface area contributed by atoms with E-state index in [4.69, 9.17) is 9.52 Å². The van der Waals surface area contributed by atoms with Crippen LogP contribution in [0.5, 0.6) is 0 Å². The van der Waals surface area contributed by atoms with Crippen LogP contribution < -0.4 is 0 Å². The Bertz CT molecular complexity index is 822. The SMILES string of the molecule is Cc1ccc(CN(C2CC2)S(=O)(=O)c2ccc(C(=O)O)nc2)o1. The zero-order valence-corrected chi connectivity index (χ0v) is 13.3. The summed E-state index contributed by atoms with van der Waals surface area (Å²) in [5.41, 5.74) is -0.191. The third kappa shape index (κ3) is 3.27. The van der Waals surface area contributed by atoms with Crippen molar-refractivity contribution >= 4 is 16.0 Å². The number of hydrogen-bond donors (Lipinski definition) is 1. The van der Waals surface area contributed by atoms with E-state index in [9.17, 15) is 13.2 Å². The minimum atomic E-state index is -3.75. The lowest BCUT2D eigenvalue weighted by Crippen LogP contribution is -2.32. The summed E-state index contributed by atoms with van der Waals surface area (Å²) in [5.74, 6) is 0.104. The number of furan rings is 1. The second-order valence-electron chi connectivity index (χ2n) is 5.48. The maximum Gasteiger partial charge on any atom is 0.354 e. The summed E-state index contributed by atoms with van der Waals surface area (Å²) in [7, 11) is -3.75. The largest absolute Gasteiger partial charge is 0.477 e. The van der Waals surface area contributed by atoms with Gasteiger partial charge in [-0.15, -0.1) is 0 Å². The number of aryl methyl sites for hydroxylation is 1. The molecule has 7 nitrogen and oxygen atoms in total. The minimum absolute atomic E-state index is 0.0160. The Kier molecular flexibility index (Phi) is 3.95. The molecule has 1 aliphatic carbocycles. The van der Waals surface area contributed by atoms with Crippen molar-refractivity contribution in [2.45, 2.75) is 37.2 Å². The second-order valence-corrected chi connectivity index (χ2v) is 7.37. The molecule has 0 atom stereocenters. The van der Waals surface area contributed by atoms with Crippen LogP contribution in [0.15, 0.2) is 39.8 Å². The van der Waals surface area contributed by atoms with Gasteiger partial charge in [-0.3, -0.25) is 0 Å². The fourth-order valence-corrected chi connectivity index (χ4v) is 3.89. The first-order valence-corrected chi connectivity index (χ1v) is 8.58. The average molecular weight is 336 g/mol. The van der Waals surface area contributed by atoms with Crippen LogP contribution in [0.1, 0.15) is 34.9 Å². The Morgan fingerprint density at radius 1 is 1.35 bits per heavy atom. The fourth-order valence-electron chi connectivity index (χ4n) is 2.29. The molecule has 0 bridgehead atoms. The lowest BCUT2D eigenvalue weighted by atomic mass is 10.4. The standard InChI is InChI=1S/C15H16N2O5S/c1-10-2-5-12(22-10)9-17(11-3-4-11)23(20,21)13-6-7-14(15(18)19)16-8-13/h2,5-8,11H,3-4,9H2,1H3,(H,18,19). The number of aromatic nitrogens is 1.